The highest BCUT2D eigenvalue weighted by atomic mass is 32.2. The first kappa shape index (κ1) is 29.7. The van der Waals surface area contributed by atoms with Gasteiger partial charge in [0.15, 0.2) is 9.84 Å². The molecule has 0 bridgehead atoms. The first-order valence-electron chi connectivity index (χ1n) is 15.5. The zero-order valence-corrected chi connectivity index (χ0v) is 26.5. The van der Waals surface area contributed by atoms with Crippen LogP contribution in [0.2, 0.25) is 0 Å². The molecule has 224 valence electrons. The Morgan fingerprint density at radius 1 is 0.721 bits per heavy atom. The Balaban J connectivity index is 1.05. The zero-order valence-electron chi connectivity index (χ0n) is 25.7. The van der Waals surface area contributed by atoms with E-state index in [1.807, 2.05) is 54.6 Å². The van der Waals surface area contributed by atoms with Crippen LogP contribution >= 0.6 is 0 Å². The summed E-state index contributed by atoms with van der Waals surface area (Å²) in [4.78, 5) is 2.57. The molecule has 2 aliphatic heterocycles. The SMILES string of the molecule is CC(C)(C)c1ccc(CN2CCC3(CCc4cc(-c5ccc(CS(=O)(=O)Cc6ccccc6)cc5)ccc4O3)CC2)cc1. The third-order valence-electron chi connectivity index (χ3n) is 9.13. The van der Waals surface area contributed by atoms with Crippen LogP contribution in [-0.4, -0.2) is 32.0 Å². The molecular formula is C38H43NO3S. The zero-order chi connectivity index (χ0) is 30.1. The van der Waals surface area contributed by atoms with Gasteiger partial charge in [-0.25, -0.2) is 8.42 Å². The van der Waals surface area contributed by atoms with Crippen LogP contribution in [0.5, 0.6) is 5.75 Å². The van der Waals surface area contributed by atoms with Crippen molar-refractivity contribution in [1.82, 2.24) is 4.90 Å². The number of ether oxygens (including phenoxy) is 1. The summed E-state index contributed by atoms with van der Waals surface area (Å²) in [6.07, 6.45) is 4.19. The van der Waals surface area contributed by atoms with Gasteiger partial charge < -0.3 is 4.74 Å². The monoisotopic (exact) mass is 593 g/mol. The fourth-order valence-corrected chi connectivity index (χ4v) is 7.97. The van der Waals surface area contributed by atoms with Crippen LogP contribution in [-0.2, 0) is 39.7 Å². The molecule has 2 heterocycles. The summed E-state index contributed by atoms with van der Waals surface area (Å²) < 4.78 is 32.2. The summed E-state index contributed by atoms with van der Waals surface area (Å²) >= 11 is 0. The summed E-state index contributed by atoms with van der Waals surface area (Å²) in [5, 5.41) is 0. The molecule has 0 saturated carbocycles. The maximum atomic E-state index is 12.7. The van der Waals surface area contributed by atoms with Crippen LogP contribution in [0.3, 0.4) is 0 Å². The highest BCUT2D eigenvalue weighted by Gasteiger charge is 2.39. The highest BCUT2D eigenvalue weighted by molar-refractivity contribution is 7.89. The molecule has 1 spiro atoms. The topological polar surface area (TPSA) is 46.6 Å². The predicted molar refractivity (Wildman–Crippen MR) is 176 cm³/mol. The summed E-state index contributed by atoms with van der Waals surface area (Å²) in [5.41, 5.74) is 8.03. The van der Waals surface area contributed by atoms with Gasteiger partial charge in [-0.15, -0.1) is 0 Å². The molecule has 1 saturated heterocycles. The van der Waals surface area contributed by atoms with Gasteiger partial charge in [0.1, 0.15) is 11.4 Å². The van der Waals surface area contributed by atoms with E-state index in [0.717, 1.165) is 73.3 Å². The van der Waals surface area contributed by atoms with Crippen molar-refractivity contribution in [1.29, 1.82) is 0 Å². The van der Waals surface area contributed by atoms with Crippen molar-refractivity contribution in [2.75, 3.05) is 13.1 Å². The molecule has 0 aliphatic carbocycles. The van der Waals surface area contributed by atoms with Crippen LogP contribution in [0, 0.1) is 0 Å². The molecule has 0 atom stereocenters. The molecule has 4 aromatic carbocycles. The van der Waals surface area contributed by atoms with E-state index >= 15 is 0 Å². The molecule has 6 rings (SSSR count). The summed E-state index contributed by atoms with van der Waals surface area (Å²) in [5.74, 6) is 1.12. The van der Waals surface area contributed by atoms with E-state index in [0.29, 0.717) is 0 Å². The Labute approximate surface area is 257 Å². The third kappa shape index (κ3) is 7.22. The second kappa shape index (κ2) is 11.9. The largest absolute Gasteiger partial charge is 0.487 e. The molecular weight excluding hydrogens is 550 g/mol. The van der Waals surface area contributed by atoms with Crippen molar-refractivity contribution in [2.45, 2.75) is 75.5 Å². The summed E-state index contributed by atoms with van der Waals surface area (Å²) in [6.45, 7) is 9.90. The average Bonchev–Trinajstić information content (AvgIpc) is 2.98. The van der Waals surface area contributed by atoms with Crippen molar-refractivity contribution in [3.63, 3.8) is 0 Å². The molecule has 5 heteroatoms. The van der Waals surface area contributed by atoms with Crippen LogP contribution in [0.1, 0.15) is 67.9 Å². The average molecular weight is 594 g/mol. The normalized spacial score (nSPS) is 16.9. The number of nitrogens with zero attached hydrogens (tertiary/aromatic N) is 1. The van der Waals surface area contributed by atoms with Gasteiger partial charge >= 0.3 is 0 Å². The van der Waals surface area contributed by atoms with Crippen molar-refractivity contribution >= 4 is 9.84 Å². The van der Waals surface area contributed by atoms with Gasteiger partial charge in [0, 0.05) is 19.6 Å². The standard InChI is InChI=1S/C38H43NO3S/c1-37(2,3)35-16-11-29(12-17-35)26-39-23-21-38(22-24-39)20-19-34-25-33(15-18-36(34)42-38)32-13-9-31(10-14-32)28-43(40,41)27-30-7-5-4-6-8-30/h4-18,25H,19-24,26-28H2,1-3H3. The minimum atomic E-state index is -3.24. The number of rotatable bonds is 7. The van der Waals surface area contributed by atoms with E-state index in [2.05, 4.69) is 68.1 Å². The highest BCUT2D eigenvalue weighted by Crippen LogP contribution is 2.41. The van der Waals surface area contributed by atoms with Crippen LogP contribution in [0.25, 0.3) is 11.1 Å². The molecule has 0 amide bonds. The van der Waals surface area contributed by atoms with Gasteiger partial charge in [-0.3, -0.25) is 4.90 Å². The Morgan fingerprint density at radius 2 is 1.33 bits per heavy atom. The summed E-state index contributed by atoms with van der Waals surface area (Å²) in [6, 6.07) is 33.0. The fraction of sp³-hybridized carbons (Fsp3) is 0.368. The van der Waals surface area contributed by atoms with Crippen molar-refractivity contribution < 1.29 is 13.2 Å². The van der Waals surface area contributed by atoms with E-state index < -0.39 is 9.84 Å². The number of fused-ring (bicyclic) bond motifs is 1. The second-order valence-electron chi connectivity index (χ2n) is 13.5. The van der Waals surface area contributed by atoms with Gasteiger partial charge in [-0.2, -0.15) is 0 Å². The summed E-state index contributed by atoms with van der Waals surface area (Å²) in [7, 11) is -3.24. The van der Waals surface area contributed by atoms with Gasteiger partial charge in [-0.05, 0) is 82.2 Å². The molecule has 0 aromatic heterocycles. The van der Waals surface area contributed by atoms with Crippen molar-refractivity contribution in [2.24, 2.45) is 0 Å². The number of hydrogen-bond donors (Lipinski definition) is 0. The molecule has 2 aliphatic rings. The molecule has 4 nitrogen and oxygen atoms in total. The van der Waals surface area contributed by atoms with Gasteiger partial charge in [0.25, 0.3) is 0 Å². The number of likely N-dealkylation sites (tertiary alicyclic amines) is 1. The lowest BCUT2D eigenvalue weighted by molar-refractivity contribution is -0.0163. The number of benzene rings is 4. The smallest absolute Gasteiger partial charge is 0.158 e. The van der Waals surface area contributed by atoms with Gasteiger partial charge in [0.05, 0.1) is 11.5 Å². The first-order chi connectivity index (χ1) is 20.6. The second-order valence-corrected chi connectivity index (χ2v) is 15.6. The Bertz CT molecular complexity index is 1650. The maximum absolute atomic E-state index is 12.7. The maximum Gasteiger partial charge on any atom is 0.158 e. The predicted octanol–water partition coefficient (Wildman–Crippen LogP) is 8.13. The number of aryl methyl sites for hydroxylation is 1. The minimum absolute atomic E-state index is 0.0448. The Hall–Kier alpha value is -3.41. The Morgan fingerprint density at radius 3 is 1.98 bits per heavy atom. The lowest BCUT2D eigenvalue weighted by Gasteiger charge is -2.44. The lowest BCUT2D eigenvalue weighted by Crippen LogP contribution is -2.49. The van der Waals surface area contributed by atoms with E-state index in [9.17, 15) is 8.42 Å². The van der Waals surface area contributed by atoms with Gasteiger partial charge in [0.2, 0.25) is 0 Å². The molecule has 0 radical (unpaired) electrons. The minimum Gasteiger partial charge on any atom is -0.487 e. The number of sulfone groups is 1. The molecule has 0 N–H and O–H groups in total. The number of hydrogen-bond acceptors (Lipinski definition) is 4. The van der Waals surface area contributed by atoms with E-state index in [4.69, 9.17) is 4.74 Å². The molecule has 43 heavy (non-hydrogen) atoms. The van der Waals surface area contributed by atoms with E-state index in [-0.39, 0.29) is 22.5 Å². The molecule has 0 unspecified atom stereocenters. The Kier molecular flexibility index (Phi) is 8.23. The van der Waals surface area contributed by atoms with E-state index in [1.54, 1.807) is 0 Å². The third-order valence-corrected chi connectivity index (χ3v) is 10.7. The number of piperidine rings is 1. The first-order valence-corrected chi connectivity index (χ1v) is 17.4. The molecule has 1 fully saturated rings. The van der Waals surface area contributed by atoms with Crippen LogP contribution in [0.15, 0.2) is 97.1 Å². The van der Waals surface area contributed by atoms with Crippen molar-refractivity contribution in [3.05, 3.63) is 125 Å². The van der Waals surface area contributed by atoms with Crippen molar-refractivity contribution in [3.8, 4) is 16.9 Å². The van der Waals surface area contributed by atoms with Crippen LogP contribution in [0.4, 0.5) is 0 Å². The quantitative estimate of drug-likeness (QED) is 0.217. The van der Waals surface area contributed by atoms with Gasteiger partial charge in [-0.1, -0.05) is 106 Å². The lowest BCUT2D eigenvalue weighted by atomic mass is 9.82. The fourth-order valence-electron chi connectivity index (χ4n) is 6.47. The van der Waals surface area contributed by atoms with E-state index in [1.165, 1.54) is 16.7 Å². The molecule has 4 aromatic rings. The van der Waals surface area contributed by atoms with Crippen LogP contribution < -0.4 is 4.74 Å².